The van der Waals surface area contributed by atoms with E-state index >= 15 is 0 Å². The molecule has 3 nitrogen and oxygen atoms in total. The van der Waals surface area contributed by atoms with Crippen molar-refractivity contribution >= 4 is 33.6 Å². The van der Waals surface area contributed by atoms with Gasteiger partial charge in [-0.3, -0.25) is 4.79 Å². The highest BCUT2D eigenvalue weighted by molar-refractivity contribution is 9.10. The molecule has 1 aliphatic heterocycles. The Morgan fingerprint density at radius 1 is 1.41 bits per heavy atom. The summed E-state index contributed by atoms with van der Waals surface area (Å²) in [6.07, 6.45) is 3.99. The molecule has 0 bridgehead atoms. The van der Waals surface area contributed by atoms with Gasteiger partial charge in [0.1, 0.15) is 0 Å². The second-order valence-corrected chi connectivity index (χ2v) is 8.32. The van der Waals surface area contributed by atoms with E-state index in [9.17, 15) is 4.79 Å². The van der Waals surface area contributed by atoms with Crippen molar-refractivity contribution in [1.82, 2.24) is 10.2 Å². The van der Waals surface area contributed by atoms with Crippen molar-refractivity contribution in [2.45, 2.75) is 37.1 Å². The lowest BCUT2D eigenvalue weighted by Gasteiger charge is -2.15. The maximum Gasteiger partial charge on any atom is 0.230 e. The van der Waals surface area contributed by atoms with Gasteiger partial charge in [-0.1, -0.05) is 15.9 Å². The van der Waals surface area contributed by atoms with E-state index in [4.69, 9.17) is 0 Å². The van der Waals surface area contributed by atoms with Crippen LogP contribution in [0.1, 0.15) is 24.8 Å². The van der Waals surface area contributed by atoms with Crippen molar-refractivity contribution in [2.75, 3.05) is 25.4 Å². The molecule has 1 aromatic carbocycles. The summed E-state index contributed by atoms with van der Waals surface area (Å²) < 4.78 is 1.08. The third-order valence-electron chi connectivity index (χ3n) is 4.46. The summed E-state index contributed by atoms with van der Waals surface area (Å²) in [5, 5.41) is 3.11. The normalized spacial score (nSPS) is 22.0. The largest absolute Gasteiger partial charge is 0.355 e. The first-order valence-corrected chi connectivity index (χ1v) is 9.79. The molecular weight excluding hydrogens is 360 g/mol. The number of benzene rings is 1. The summed E-state index contributed by atoms with van der Waals surface area (Å²) in [5.74, 6) is 1.29. The first-order chi connectivity index (χ1) is 10.6. The number of halogens is 1. The zero-order valence-corrected chi connectivity index (χ0v) is 15.4. The lowest BCUT2D eigenvalue weighted by Crippen LogP contribution is -2.32. The number of hydrogen-bond acceptors (Lipinski definition) is 3. The van der Waals surface area contributed by atoms with Crippen LogP contribution < -0.4 is 5.32 Å². The van der Waals surface area contributed by atoms with Crippen LogP contribution in [0.25, 0.3) is 0 Å². The standard InChI is InChI=1S/C17H23BrN2OS/c1-12-8-14(18)2-5-16(12)22-11-17(21)19-9-13-6-7-20(10-13)15-3-4-15/h2,5,8,13,15H,3-4,6-7,9-11H2,1H3,(H,19,21). The number of aryl methyl sites for hydroxylation is 1. The van der Waals surface area contributed by atoms with Gasteiger partial charge in [0.25, 0.3) is 0 Å². The summed E-state index contributed by atoms with van der Waals surface area (Å²) >= 11 is 5.08. The molecule has 0 spiro atoms. The summed E-state index contributed by atoms with van der Waals surface area (Å²) in [4.78, 5) is 15.8. The Bertz CT molecular complexity index is 547. The predicted octanol–water partition coefficient (Wildman–Crippen LogP) is 3.45. The number of carbonyl (C=O) groups is 1. The molecule has 1 saturated carbocycles. The predicted molar refractivity (Wildman–Crippen MR) is 95.3 cm³/mol. The van der Waals surface area contributed by atoms with Crippen LogP contribution >= 0.6 is 27.7 Å². The molecular formula is C17H23BrN2OS. The molecule has 1 saturated heterocycles. The second-order valence-electron chi connectivity index (χ2n) is 6.38. The highest BCUT2D eigenvalue weighted by atomic mass is 79.9. The van der Waals surface area contributed by atoms with Gasteiger partial charge in [-0.15, -0.1) is 11.8 Å². The molecule has 1 N–H and O–H groups in total. The van der Waals surface area contributed by atoms with Gasteiger partial charge in [-0.2, -0.15) is 0 Å². The van der Waals surface area contributed by atoms with Crippen LogP contribution in [-0.4, -0.2) is 42.2 Å². The van der Waals surface area contributed by atoms with Gasteiger partial charge >= 0.3 is 0 Å². The smallest absolute Gasteiger partial charge is 0.230 e. The quantitative estimate of drug-likeness (QED) is 0.764. The minimum absolute atomic E-state index is 0.150. The van der Waals surface area contributed by atoms with Crippen molar-refractivity contribution in [1.29, 1.82) is 0 Å². The third-order valence-corrected chi connectivity index (χ3v) is 6.13. The van der Waals surface area contributed by atoms with Crippen molar-refractivity contribution in [3.8, 4) is 0 Å². The molecule has 0 aromatic heterocycles. The van der Waals surface area contributed by atoms with Gasteiger partial charge in [0.15, 0.2) is 0 Å². The van der Waals surface area contributed by atoms with Crippen molar-refractivity contribution in [3.05, 3.63) is 28.2 Å². The second kappa shape index (κ2) is 7.37. The lowest BCUT2D eigenvalue weighted by molar-refractivity contribution is -0.118. The van der Waals surface area contributed by atoms with Crippen LogP contribution in [0.4, 0.5) is 0 Å². The van der Waals surface area contributed by atoms with Crippen LogP contribution in [0.15, 0.2) is 27.6 Å². The van der Waals surface area contributed by atoms with Gasteiger partial charge in [-0.25, -0.2) is 0 Å². The third kappa shape index (κ3) is 4.49. The first kappa shape index (κ1) is 16.3. The number of rotatable bonds is 6. The fraction of sp³-hybridized carbons (Fsp3) is 0.588. The van der Waals surface area contributed by atoms with Gasteiger partial charge in [-0.05, 0) is 62.4 Å². The molecule has 2 aliphatic rings. The zero-order valence-electron chi connectivity index (χ0n) is 13.0. The zero-order chi connectivity index (χ0) is 15.5. The highest BCUT2D eigenvalue weighted by Crippen LogP contribution is 2.31. The highest BCUT2D eigenvalue weighted by Gasteiger charge is 2.34. The summed E-state index contributed by atoms with van der Waals surface area (Å²) in [6.45, 7) is 5.31. The molecule has 120 valence electrons. The van der Waals surface area contributed by atoms with Crippen molar-refractivity contribution < 1.29 is 4.79 Å². The van der Waals surface area contributed by atoms with E-state index in [0.717, 1.165) is 17.1 Å². The van der Waals surface area contributed by atoms with Crippen LogP contribution in [0.2, 0.25) is 0 Å². The van der Waals surface area contributed by atoms with Gasteiger partial charge < -0.3 is 10.2 Å². The molecule has 0 radical (unpaired) electrons. The number of nitrogens with one attached hydrogen (secondary N) is 1. The number of likely N-dealkylation sites (tertiary alicyclic amines) is 1. The minimum atomic E-state index is 0.150. The van der Waals surface area contributed by atoms with Gasteiger partial charge in [0.05, 0.1) is 5.75 Å². The average molecular weight is 383 g/mol. The Balaban J connectivity index is 1.37. The lowest BCUT2D eigenvalue weighted by atomic mass is 10.1. The van der Waals surface area contributed by atoms with Crippen LogP contribution in [0, 0.1) is 12.8 Å². The van der Waals surface area contributed by atoms with E-state index in [0.29, 0.717) is 11.7 Å². The molecule has 1 atom stereocenters. The SMILES string of the molecule is Cc1cc(Br)ccc1SCC(=O)NCC1CCN(C2CC2)C1. The van der Waals surface area contributed by atoms with E-state index in [1.54, 1.807) is 11.8 Å². The monoisotopic (exact) mass is 382 g/mol. The molecule has 1 heterocycles. The Morgan fingerprint density at radius 2 is 2.23 bits per heavy atom. The molecule has 1 amide bonds. The molecule has 1 unspecified atom stereocenters. The van der Waals surface area contributed by atoms with Crippen molar-refractivity contribution in [3.63, 3.8) is 0 Å². The maximum absolute atomic E-state index is 12.0. The number of nitrogens with zero attached hydrogens (tertiary/aromatic N) is 1. The van der Waals surface area contributed by atoms with Crippen LogP contribution in [-0.2, 0) is 4.79 Å². The number of carbonyl (C=O) groups excluding carboxylic acids is 1. The molecule has 5 heteroatoms. The van der Waals surface area contributed by atoms with Gasteiger partial charge in [0, 0.05) is 28.5 Å². The number of thioether (sulfide) groups is 1. The Kier molecular flexibility index (Phi) is 5.47. The molecule has 1 aromatic rings. The summed E-state index contributed by atoms with van der Waals surface area (Å²) in [6, 6.07) is 7.04. The fourth-order valence-electron chi connectivity index (χ4n) is 3.03. The number of hydrogen-bond donors (Lipinski definition) is 1. The van der Waals surface area contributed by atoms with E-state index in [1.807, 2.05) is 6.07 Å². The molecule has 2 fully saturated rings. The average Bonchev–Trinajstić information content (AvgIpc) is 3.23. The van der Waals surface area contributed by atoms with E-state index in [-0.39, 0.29) is 5.91 Å². The molecule has 1 aliphatic carbocycles. The first-order valence-electron chi connectivity index (χ1n) is 8.01. The minimum Gasteiger partial charge on any atom is -0.355 e. The van der Waals surface area contributed by atoms with Crippen LogP contribution in [0.5, 0.6) is 0 Å². The summed E-state index contributed by atoms with van der Waals surface area (Å²) in [7, 11) is 0. The Hall–Kier alpha value is -0.520. The Morgan fingerprint density at radius 3 is 2.95 bits per heavy atom. The van der Waals surface area contributed by atoms with Crippen LogP contribution in [0.3, 0.4) is 0 Å². The van der Waals surface area contributed by atoms with Gasteiger partial charge in [0.2, 0.25) is 5.91 Å². The topological polar surface area (TPSA) is 32.3 Å². The maximum atomic E-state index is 12.0. The summed E-state index contributed by atoms with van der Waals surface area (Å²) in [5.41, 5.74) is 1.21. The van der Waals surface area contributed by atoms with E-state index in [1.165, 1.54) is 42.8 Å². The number of amides is 1. The fourth-order valence-corrected chi connectivity index (χ4v) is 4.34. The van der Waals surface area contributed by atoms with E-state index in [2.05, 4.69) is 45.2 Å². The Labute approximate surface area is 145 Å². The molecule has 3 rings (SSSR count). The van der Waals surface area contributed by atoms with Crippen molar-refractivity contribution in [2.24, 2.45) is 5.92 Å². The molecule has 22 heavy (non-hydrogen) atoms. The van der Waals surface area contributed by atoms with E-state index < -0.39 is 0 Å².